The maximum Gasteiger partial charge on any atom is 0.353 e. The minimum atomic E-state index is -1.72. The predicted molar refractivity (Wildman–Crippen MR) is 133 cm³/mol. The number of nitrogens with zero attached hydrogens (tertiary/aromatic N) is 1. The molecule has 182 valence electrons. The lowest BCUT2D eigenvalue weighted by Gasteiger charge is -2.53. The van der Waals surface area contributed by atoms with Gasteiger partial charge in [-0.1, -0.05) is 42.5 Å². The summed E-state index contributed by atoms with van der Waals surface area (Å²) in [5.74, 6) is 0.107. The second-order valence-corrected chi connectivity index (χ2v) is 11.4. The third-order valence-corrected chi connectivity index (χ3v) is 9.52. The lowest BCUT2D eigenvalue weighted by atomic mass is 9.84. The summed E-state index contributed by atoms with van der Waals surface area (Å²) >= 11 is 2.80. The van der Waals surface area contributed by atoms with Gasteiger partial charge in [-0.25, -0.2) is 4.79 Å². The number of aliphatic hydroxyl groups is 1. The van der Waals surface area contributed by atoms with Gasteiger partial charge in [-0.05, 0) is 53.6 Å². The molecular weight excluding hydrogens is 530 g/mol. The summed E-state index contributed by atoms with van der Waals surface area (Å²) < 4.78 is 7.12. The van der Waals surface area contributed by atoms with E-state index in [1.54, 1.807) is 0 Å². The topological polar surface area (TPSA) is 46.5 Å². The zero-order valence-corrected chi connectivity index (χ0v) is 22.5. The molecule has 3 aliphatic rings. The Labute approximate surface area is 220 Å². The van der Waals surface area contributed by atoms with Crippen molar-refractivity contribution in [1.82, 2.24) is 0 Å². The molecule has 0 unspecified atom stereocenters. The Kier molecular flexibility index (Phi) is 8.31. The number of thiophene rings is 2. The fourth-order valence-corrected chi connectivity index (χ4v) is 7.31. The van der Waals surface area contributed by atoms with Crippen LogP contribution in [0.2, 0.25) is 0 Å². The van der Waals surface area contributed by atoms with E-state index in [1.165, 1.54) is 41.1 Å². The molecule has 7 heteroatoms. The van der Waals surface area contributed by atoms with Crippen LogP contribution in [0.5, 0.6) is 0 Å². The summed E-state index contributed by atoms with van der Waals surface area (Å²) in [6.07, 6.45) is 6.53. The van der Waals surface area contributed by atoms with Crippen molar-refractivity contribution in [3.05, 3.63) is 80.7 Å². The van der Waals surface area contributed by atoms with Crippen LogP contribution >= 0.6 is 22.7 Å². The van der Waals surface area contributed by atoms with Crippen molar-refractivity contribution in [2.75, 3.05) is 19.6 Å². The number of carbonyl (C=O) groups excluding carboxylic acids is 1. The summed E-state index contributed by atoms with van der Waals surface area (Å²) in [4.78, 5) is 14.8. The number of rotatable bonds is 9. The second-order valence-electron chi connectivity index (χ2n) is 9.54. The normalized spacial score (nSPS) is 23.9. The van der Waals surface area contributed by atoms with E-state index < -0.39 is 11.6 Å². The number of unbranched alkanes of at least 4 members (excludes halogenated alkanes) is 1. The highest BCUT2D eigenvalue weighted by Gasteiger charge is 2.52. The van der Waals surface area contributed by atoms with Gasteiger partial charge in [-0.2, -0.15) is 0 Å². The number of ether oxygens (including phenoxy) is 1. The van der Waals surface area contributed by atoms with Crippen molar-refractivity contribution in [3.63, 3.8) is 0 Å². The van der Waals surface area contributed by atoms with E-state index in [0.717, 1.165) is 49.8 Å². The summed E-state index contributed by atoms with van der Waals surface area (Å²) in [6, 6.07) is 18.1. The van der Waals surface area contributed by atoms with E-state index in [-0.39, 0.29) is 23.2 Å². The first-order valence-electron chi connectivity index (χ1n) is 12.0. The third-order valence-electron chi connectivity index (χ3n) is 7.57. The lowest BCUT2D eigenvalue weighted by Crippen LogP contribution is -3.00. The molecule has 1 aromatic carbocycles. The highest BCUT2D eigenvalue weighted by molar-refractivity contribution is 7.12. The smallest absolute Gasteiger partial charge is 0.353 e. The number of esters is 1. The van der Waals surface area contributed by atoms with Gasteiger partial charge in [0.25, 0.3) is 0 Å². The molecule has 0 amide bonds. The molecule has 0 aliphatic carbocycles. The van der Waals surface area contributed by atoms with E-state index in [2.05, 4.69) is 30.3 Å². The maximum absolute atomic E-state index is 13.6. The SMILES string of the molecule is O=C(O[C@@H]1CC2CC[N+]1(CCCCc1ccccc1)CC2)C(O)(c1cccs1)c1cccs1.[Br-]. The van der Waals surface area contributed by atoms with Crippen LogP contribution < -0.4 is 17.0 Å². The van der Waals surface area contributed by atoms with Crippen molar-refractivity contribution in [2.45, 2.75) is 50.4 Å². The molecule has 2 aromatic heterocycles. The van der Waals surface area contributed by atoms with E-state index in [1.807, 2.05) is 35.0 Å². The standard InChI is InChI=1S/C27H32NO3S2.BrH/c29-26(27(30,23-11-6-18-32-23)24-12-7-19-33-24)31-25-20-22-13-16-28(25,17-14-22)15-5-4-10-21-8-2-1-3-9-21;/h1-3,6-9,11-12,18-19,22,25,30H,4-5,10,13-17,20H2;1H/q+1;/p-1/t22?,25-,28?;/m1./s1. The van der Waals surface area contributed by atoms with E-state index in [9.17, 15) is 9.90 Å². The van der Waals surface area contributed by atoms with Crippen LogP contribution in [0.15, 0.2) is 65.4 Å². The first-order chi connectivity index (χ1) is 16.1. The van der Waals surface area contributed by atoms with E-state index in [0.29, 0.717) is 15.7 Å². The Bertz CT molecular complexity index is 997. The Morgan fingerprint density at radius 3 is 2.21 bits per heavy atom. The molecule has 3 aromatic rings. The summed E-state index contributed by atoms with van der Waals surface area (Å²) in [6.45, 7) is 3.18. The minimum Gasteiger partial charge on any atom is -1.00 e. The highest BCUT2D eigenvalue weighted by atomic mass is 79.9. The number of piperidine rings is 3. The van der Waals surface area contributed by atoms with Crippen molar-refractivity contribution < 1.29 is 36.1 Å². The van der Waals surface area contributed by atoms with Crippen LogP contribution in [0, 0.1) is 5.92 Å². The summed E-state index contributed by atoms with van der Waals surface area (Å²) in [7, 11) is 0. The van der Waals surface area contributed by atoms with Crippen molar-refractivity contribution in [3.8, 4) is 0 Å². The summed E-state index contributed by atoms with van der Waals surface area (Å²) in [5.41, 5.74) is -0.341. The second kappa shape index (κ2) is 11.0. The van der Waals surface area contributed by atoms with Gasteiger partial charge in [0.1, 0.15) is 0 Å². The van der Waals surface area contributed by atoms with Gasteiger partial charge in [0.15, 0.2) is 0 Å². The summed E-state index contributed by atoms with van der Waals surface area (Å²) in [5, 5.41) is 15.5. The fourth-order valence-electron chi connectivity index (χ4n) is 5.60. The van der Waals surface area contributed by atoms with Gasteiger partial charge in [0.05, 0.1) is 29.4 Å². The number of hydrogen-bond donors (Lipinski definition) is 1. The van der Waals surface area contributed by atoms with E-state index in [4.69, 9.17) is 4.74 Å². The van der Waals surface area contributed by atoms with Crippen LogP contribution in [-0.4, -0.2) is 41.4 Å². The average Bonchev–Trinajstić information content (AvgIpc) is 3.58. The molecule has 5 heterocycles. The molecule has 6 rings (SSSR count). The van der Waals surface area contributed by atoms with Gasteiger partial charge in [0, 0.05) is 19.3 Å². The van der Waals surface area contributed by atoms with Gasteiger partial charge in [0.2, 0.25) is 11.8 Å². The average molecular weight is 563 g/mol. The molecular formula is C27H32BrNO3S2. The number of hydrogen-bond acceptors (Lipinski definition) is 5. The van der Waals surface area contributed by atoms with Crippen LogP contribution in [0.3, 0.4) is 0 Å². The Hall–Kier alpha value is -1.51. The van der Waals surface area contributed by atoms with Crippen LogP contribution in [0.4, 0.5) is 0 Å². The van der Waals surface area contributed by atoms with Gasteiger partial charge in [-0.15, -0.1) is 22.7 Å². The molecule has 1 N–H and O–H groups in total. The van der Waals surface area contributed by atoms with Crippen molar-refractivity contribution >= 4 is 28.6 Å². The minimum absolute atomic E-state index is 0. The molecule has 3 saturated heterocycles. The zero-order valence-electron chi connectivity index (χ0n) is 19.3. The Morgan fingerprint density at radius 1 is 0.971 bits per heavy atom. The van der Waals surface area contributed by atoms with Crippen molar-refractivity contribution in [2.24, 2.45) is 5.92 Å². The monoisotopic (exact) mass is 561 g/mol. The van der Waals surface area contributed by atoms with Crippen LogP contribution in [-0.2, 0) is 21.6 Å². The van der Waals surface area contributed by atoms with Crippen LogP contribution in [0.1, 0.15) is 47.4 Å². The Morgan fingerprint density at radius 2 is 1.62 bits per heavy atom. The largest absolute Gasteiger partial charge is 1.00 e. The number of benzene rings is 1. The number of carbonyl (C=O) groups is 1. The van der Waals surface area contributed by atoms with Gasteiger partial charge < -0.3 is 26.8 Å². The molecule has 4 nitrogen and oxygen atoms in total. The quantitative estimate of drug-likeness (QED) is 0.248. The number of fused-ring (bicyclic) bond motifs is 3. The molecule has 0 spiro atoms. The van der Waals surface area contributed by atoms with Gasteiger partial charge >= 0.3 is 5.97 Å². The molecule has 1 atom stereocenters. The molecule has 0 radical (unpaired) electrons. The fraction of sp³-hybridized carbons (Fsp3) is 0.444. The van der Waals surface area contributed by atoms with Crippen LogP contribution in [0.25, 0.3) is 0 Å². The third kappa shape index (κ3) is 5.05. The maximum atomic E-state index is 13.6. The van der Waals surface area contributed by atoms with E-state index >= 15 is 0 Å². The number of halogens is 1. The Balaban J connectivity index is 0.00000274. The predicted octanol–water partition coefficient (Wildman–Crippen LogP) is 2.57. The molecule has 34 heavy (non-hydrogen) atoms. The van der Waals surface area contributed by atoms with Crippen molar-refractivity contribution in [1.29, 1.82) is 0 Å². The first-order valence-corrected chi connectivity index (χ1v) is 13.8. The number of aryl methyl sites for hydroxylation is 1. The molecule has 0 saturated carbocycles. The molecule has 3 aliphatic heterocycles. The zero-order chi connectivity index (χ0) is 22.7. The van der Waals surface area contributed by atoms with Gasteiger partial charge in [-0.3, -0.25) is 4.48 Å². The number of quaternary nitrogens is 1. The lowest BCUT2D eigenvalue weighted by molar-refractivity contribution is -0.984. The molecule has 2 bridgehead atoms. The first kappa shape index (κ1) is 25.6. The highest BCUT2D eigenvalue weighted by Crippen LogP contribution is 2.42. The molecule has 3 fully saturated rings.